The minimum Gasteiger partial charge on any atom is -0.439 e. The molecule has 0 atom stereocenters. The second-order valence-corrected chi connectivity index (χ2v) is 4.70. The molecule has 1 aromatic carbocycles. The first-order chi connectivity index (χ1) is 8.04. The van der Waals surface area contributed by atoms with E-state index in [1.165, 1.54) is 6.07 Å². The Labute approximate surface area is 112 Å². The molecule has 88 valence electrons. The molecule has 0 fully saturated rings. The van der Waals surface area contributed by atoms with Gasteiger partial charge in [0.15, 0.2) is 0 Å². The van der Waals surface area contributed by atoms with Gasteiger partial charge in [-0.3, -0.25) is 0 Å². The van der Waals surface area contributed by atoms with Crippen LogP contribution >= 0.6 is 27.5 Å². The standard InChI is InChI=1S/C11H9BrClN3O/c1-6-4-7(12)2-3-8(6)17-10-5-9(13)15-11(14)16-10/h2-5H,1H3,(H2,14,15,16). The molecule has 1 aromatic heterocycles. The molecule has 0 aliphatic heterocycles. The highest BCUT2D eigenvalue weighted by molar-refractivity contribution is 9.10. The molecule has 2 rings (SSSR count). The summed E-state index contributed by atoms with van der Waals surface area (Å²) in [6.07, 6.45) is 0. The predicted octanol–water partition coefficient (Wildman–Crippen LogP) is 3.58. The van der Waals surface area contributed by atoms with Crippen molar-refractivity contribution in [2.24, 2.45) is 0 Å². The summed E-state index contributed by atoms with van der Waals surface area (Å²) in [5, 5.41) is 0.252. The summed E-state index contributed by atoms with van der Waals surface area (Å²) < 4.78 is 6.58. The number of nitrogen functional groups attached to an aromatic ring is 1. The zero-order valence-electron chi connectivity index (χ0n) is 8.95. The number of nitrogens with two attached hydrogens (primary N) is 1. The largest absolute Gasteiger partial charge is 0.439 e. The summed E-state index contributed by atoms with van der Waals surface area (Å²) in [6, 6.07) is 7.18. The number of aromatic nitrogens is 2. The molecule has 0 aliphatic carbocycles. The Morgan fingerprint density at radius 3 is 2.71 bits per heavy atom. The molecule has 1 heterocycles. The second kappa shape index (κ2) is 4.89. The second-order valence-electron chi connectivity index (χ2n) is 3.40. The topological polar surface area (TPSA) is 61.0 Å². The monoisotopic (exact) mass is 313 g/mol. The maximum atomic E-state index is 5.76. The van der Waals surface area contributed by atoms with Crippen molar-refractivity contribution in [3.63, 3.8) is 0 Å². The number of anilines is 1. The summed E-state index contributed by atoms with van der Waals surface area (Å²) >= 11 is 9.15. The average Bonchev–Trinajstić information content (AvgIpc) is 2.21. The highest BCUT2D eigenvalue weighted by Gasteiger charge is 2.05. The van der Waals surface area contributed by atoms with E-state index in [1.54, 1.807) is 0 Å². The van der Waals surface area contributed by atoms with Gasteiger partial charge in [0, 0.05) is 10.5 Å². The Bertz CT molecular complexity index is 542. The number of benzene rings is 1. The average molecular weight is 315 g/mol. The van der Waals surface area contributed by atoms with E-state index in [-0.39, 0.29) is 11.1 Å². The van der Waals surface area contributed by atoms with Gasteiger partial charge >= 0.3 is 0 Å². The van der Waals surface area contributed by atoms with Crippen molar-refractivity contribution in [2.75, 3.05) is 5.73 Å². The maximum Gasteiger partial charge on any atom is 0.225 e. The molecular formula is C11H9BrClN3O. The van der Waals surface area contributed by atoms with Crippen molar-refractivity contribution in [1.29, 1.82) is 0 Å². The first-order valence-electron chi connectivity index (χ1n) is 4.78. The van der Waals surface area contributed by atoms with Crippen molar-refractivity contribution in [1.82, 2.24) is 9.97 Å². The van der Waals surface area contributed by atoms with E-state index >= 15 is 0 Å². The van der Waals surface area contributed by atoms with Gasteiger partial charge in [0.1, 0.15) is 10.9 Å². The van der Waals surface area contributed by atoms with E-state index in [0.717, 1.165) is 10.0 Å². The summed E-state index contributed by atoms with van der Waals surface area (Å²) in [7, 11) is 0. The molecule has 0 saturated carbocycles. The van der Waals surface area contributed by atoms with Crippen molar-refractivity contribution < 1.29 is 4.74 Å². The smallest absolute Gasteiger partial charge is 0.225 e. The van der Waals surface area contributed by atoms with Gasteiger partial charge in [-0.05, 0) is 30.7 Å². The number of aryl methyl sites for hydroxylation is 1. The van der Waals surface area contributed by atoms with E-state index in [2.05, 4.69) is 25.9 Å². The van der Waals surface area contributed by atoms with Crippen LogP contribution in [0.4, 0.5) is 5.95 Å². The summed E-state index contributed by atoms with van der Waals surface area (Å²) in [5.74, 6) is 1.11. The lowest BCUT2D eigenvalue weighted by atomic mass is 10.2. The Morgan fingerprint density at radius 2 is 2.06 bits per heavy atom. The minimum atomic E-state index is 0.0854. The number of halogens is 2. The molecule has 0 aliphatic rings. The fraction of sp³-hybridized carbons (Fsp3) is 0.0909. The molecular weight excluding hydrogens is 305 g/mol. The van der Waals surface area contributed by atoms with Crippen LogP contribution in [-0.4, -0.2) is 9.97 Å². The zero-order chi connectivity index (χ0) is 12.4. The third kappa shape index (κ3) is 3.08. The van der Waals surface area contributed by atoms with Gasteiger partial charge < -0.3 is 10.5 Å². The van der Waals surface area contributed by atoms with E-state index in [0.29, 0.717) is 11.6 Å². The van der Waals surface area contributed by atoms with Gasteiger partial charge in [-0.15, -0.1) is 0 Å². The molecule has 0 bridgehead atoms. The van der Waals surface area contributed by atoms with Gasteiger partial charge in [0.25, 0.3) is 0 Å². The fourth-order valence-corrected chi connectivity index (χ4v) is 1.96. The predicted molar refractivity (Wildman–Crippen MR) is 70.4 cm³/mol. The van der Waals surface area contributed by atoms with E-state index in [9.17, 15) is 0 Å². The van der Waals surface area contributed by atoms with Crippen LogP contribution in [0.1, 0.15) is 5.56 Å². The van der Waals surface area contributed by atoms with Crippen molar-refractivity contribution in [3.05, 3.63) is 39.5 Å². The van der Waals surface area contributed by atoms with Crippen LogP contribution in [0.5, 0.6) is 11.6 Å². The van der Waals surface area contributed by atoms with Crippen molar-refractivity contribution in [2.45, 2.75) is 6.92 Å². The summed E-state index contributed by atoms with van der Waals surface area (Å²) in [6.45, 7) is 1.94. The van der Waals surface area contributed by atoms with Gasteiger partial charge in [-0.25, -0.2) is 4.98 Å². The molecule has 0 spiro atoms. The number of hydrogen-bond donors (Lipinski definition) is 1. The molecule has 6 heteroatoms. The van der Waals surface area contributed by atoms with Gasteiger partial charge in [0.2, 0.25) is 11.8 Å². The third-order valence-corrected chi connectivity index (χ3v) is 2.73. The summed E-state index contributed by atoms with van der Waals surface area (Å²) in [5.41, 5.74) is 6.46. The number of nitrogens with zero attached hydrogens (tertiary/aromatic N) is 2. The Balaban J connectivity index is 2.31. The van der Waals surface area contributed by atoms with Gasteiger partial charge in [0.05, 0.1) is 0 Å². The van der Waals surface area contributed by atoms with E-state index < -0.39 is 0 Å². The molecule has 4 nitrogen and oxygen atoms in total. The maximum absolute atomic E-state index is 5.76. The summed E-state index contributed by atoms with van der Waals surface area (Å²) in [4.78, 5) is 7.70. The molecule has 17 heavy (non-hydrogen) atoms. The quantitative estimate of drug-likeness (QED) is 0.861. The van der Waals surface area contributed by atoms with Crippen molar-refractivity contribution in [3.8, 4) is 11.6 Å². The van der Waals surface area contributed by atoms with Crippen LogP contribution in [0, 0.1) is 6.92 Å². The van der Waals surface area contributed by atoms with Gasteiger partial charge in [-0.1, -0.05) is 27.5 Å². The molecule has 0 saturated heterocycles. The molecule has 0 amide bonds. The molecule has 2 aromatic rings. The lowest BCUT2D eigenvalue weighted by Gasteiger charge is -2.08. The van der Waals surface area contributed by atoms with Crippen LogP contribution in [0.15, 0.2) is 28.7 Å². The van der Waals surface area contributed by atoms with Crippen LogP contribution in [0.25, 0.3) is 0 Å². The van der Waals surface area contributed by atoms with Crippen LogP contribution in [0.2, 0.25) is 5.15 Å². The van der Waals surface area contributed by atoms with E-state index in [1.807, 2.05) is 25.1 Å². The fourth-order valence-electron chi connectivity index (χ4n) is 1.31. The number of ether oxygens (including phenoxy) is 1. The van der Waals surface area contributed by atoms with E-state index in [4.69, 9.17) is 22.1 Å². The minimum absolute atomic E-state index is 0.0854. The molecule has 2 N–H and O–H groups in total. The zero-order valence-corrected chi connectivity index (χ0v) is 11.3. The third-order valence-electron chi connectivity index (χ3n) is 2.04. The highest BCUT2D eigenvalue weighted by atomic mass is 79.9. The SMILES string of the molecule is Cc1cc(Br)ccc1Oc1cc(Cl)nc(N)n1. The Morgan fingerprint density at radius 1 is 1.29 bits per heavy atom. The number of hydrogen-bond acceptors (Lipinski definition) is 4. The molecule has 0 unspecified atom stereocenters. The van der Waals surface area contributed by atoms with Crippen LogP contribution in [-0.2, 0) is 0 Å². The lowest BCUT2D eigenvalue weighted by Crippen LogP contribution is -1.97. The highest BCUT2D eigenvalue weighted by Crippen LogP contribution is 2.27. The van der Waals surface area contributed by atoms with Crippen LogP contribution in [0.3, 0.4) is 0 Å². The number of rotatable bonds is 2. The van der Waals surface area contributed by atoms with Gasteiger partial charge in [-0.2, -0.15) is 4.98 Å². The van der Waals surface area contributed by atoms with Crippen LogP contribution < -0.4 is 10.5 Å². The normalized spacial score (nSPS) is 10.3. The van der Waals surface area contributed by atoms with Crippen molar-refractivity contribution >= 4 is 33.5 Å². The lowest BCUT2D eigenvalue weighted by molar-refractivity contribution is 0.459. The first-order valence-corrected chi connectivity index (χ1v) is 5.96. The Kier molecular flexibility index (Phi) is 3.49. The first kappa shape index (κ1) is 12.1. The Hall–Kier alpha value is -1.33. The molecule has 0 radical (unpaired) electrons.